The quantitative estimate of drug-likeness (QED) is 0.829. The van der Waals surface area contributed by atoms with E-state index in [2.05, 4.69) is 17.0 Å². The molecule has 0 saturated carbocycles. The van der Waals surface area contributed by atoms with Gasteiger partial charge in [-0.2, -0.15) is 0 Å². The van der Waals surface area contributed by atoms with Crippen molar-refractivity contribution in [3.05, 3.63) is 18.2 Å². The Morgan fingerprint density at radius 1 is 1.47 bits per heavy atom. The zero-order chi connectivity index (χ0) is 13.9. The van der Waals surface area contributed by atoms with Gasteiger partial charge in [0.15, 0.2) is 0 Å². The third-order valence-electron chi connectivity index (χ3n) is 2.94. The monoisotopic (exact) mass is 284 g/mol. The molecule has 0 saturated heterocycles. The highest BCUT2D eigenvalue weighted by molar-refractivity contribution is 7.89. The summed E-state index contributed by atoms with van der Waals surface area (Å²) in [6.07, 6.45) is 2.19. The number of anilines is 1. The third kappa shape index (κ3) is 3.39. The number of unbranched alkanes of at least 4 members (excludes halogenated alkanes) is 1. The topological polar surface area (TPSA) is 67.4 Å². The first kappa shape index (κ1) is 14.1. The lowest BCUT2D eigenvalue weighted by Gasteiger charge is -2.10. The SMILES string of the molecule is CCCCNc1ccc2c(c1)OC[C@H](C)NS2(=O)=O. The van der Waals surface area contributed by atoms with E-state index < -0.39 is 10.0 Å². The summed E-state index contributed by atoms with van der Waals surface area (Å²) in [5.41, 5.74) is 0.886. The van der Waals surface area contributed by atoms with Crippen molar-refractivity contribution in [1.82, 2.24) is 4.72 Å². The molecule has 0 amide bonds. The Hall–Kier alpha value is -1.27. The second-order valence-corrected chi connectivity index (χ2v) is 6.46. The third-order valence-corrected chi connectivity index (χ3v) is 4.57. The van der Waals surface area contributed by atoms with Crippen molar-refractivity contribution in [2.75, 3.05) is 18.5 Å². The molecular weight excluding hydrogens is 264 g/mol. The van der Waals surface area contributed by atoms with Crippen LogP contribution in [0.15, 0.2) is 23.1 Å². The lowest BCUT2D eigenvalue weighted by atomic mass is 10.2. The van der Waals surface area contributed by atoms with Crippen molar-refractivity contribution >= 4 is 15.7 Å². The summed E-state index contributed by atoms with van der Waals surface area (Å²) in [5.74, 6) is 0.415. The summed E-state index contributed by atoms with van der Waals surface area (Å²) in [7, 11) is -3.47. The zero-order valence-corrected chi connectivity index (χ0v) is 12.1. The molecule has 0 bridgehead atoms. The molecule has 0 spiro atoms. The van der Waals surface area contributed by atoms with Crippen molar-refractivity contribution in [1.29, 1.82) is 0 Å². The Kier molecular flexibility index (Phi) is 4.31. The van der Waals surface area contributed by atoms with Crippen molar-refractivity contribution < 1.29 is 13.2 Å². The van der Waals surface area contributed by atoms with E-state index in [0.29, 0.717) is 12.4 Å². The molecule has 1 heterocycles. The minimum atomic E-state index is -3.47. The van der Waals surface area contributed by atoms with Crippen molar-refractivity contribution in [3.8, 4) is 5.75 Å². The van der Waals surface area contributed by atoms with E-state index in [9.17, 15) is 8.42 Å². The lowest BCUT2D eigenvalue weighted by molar-refractivity contribution is 0.288. The number of benzene rings is 1. The first-order valence-electron chi connectivity index (χ1n) is 6.56. The summed E-state index contributed by atoms with van der Waals surface area (Å²) < 4.78 is 32.3. The van der Waals surface area contributed by atoms with Crippen molar-refractivity contribution in [2.45, 2.75) is 37.6 Å². The van der Waals surface area contributed by atoms with Gasteiger partial charge in [0.1, 0.15) is 17.3 Å². The normalized spacial score (nSPS) is 21.1. The van der Waals surface area contributed by atoms with Gasteiger partial charge in [-0.1, -0.05) is 13.3 Å². The molecular formula is C13H20N2O3S. The first-order valence-corrected chi connectivity index (χ1v) is 8.04. The Balaban J connectivity index is 2.25. The average molecular weight is 284 g/mol. The molecule has 1 aromatic carbocycles. The van der Waals surface area contributed by atoms with Crippen LogP contribution in [-0.4, -0.2) is 27.6 Å². The Morgan fingerprint density at radius 2 is 2.26 bits per heavy atom. The molecule has 0 radical (unpaired) electrons. The van der Waals surface area contributed by atoms with Gasteiger partial charge >= 0.3 is 0 Å². The van der Waals surface area contributed by atoms with Gasteiger partial charge in [0.2, 0.25) is 10.0 Å². The smallest absolute Gasteiger partial charge is 0.244 e. The van der Waals surface area contributed by atoms with Gasteiger partial charge in [-0.3, -0.25) is 0 Å². The Morgan fingerprint density at radius 3 is 3.00 bits per heavy atom. The summed E-state index contributed by atoms with van der Waals surface area (Å²) in [6.45, 7) is 5.12. The van der Waals surface area contributed by atoms with Gasteiger partial charge in [0.25, 0.3) is 0 Å². The fourth-order valence-electron chi connectivity index (χ4n) is 1.94. The Labute approximate surface area is 114 Å². The van der Waals surface area contributed by atoms with Crippen LogP contribution in [0.2, 0.25) is 0 Å². The van der Waals surface area contributed by atoms with Crippen LogP contribution in [0.3, 0.4) is 0 Å². The predicted molar refractivity (Wildman–Crippen MR) is 75.1 cm³/mol. The molecule has 5 nitrogen and oxygen atoms in total. The summed E-state index contributed by atoms with van der Waals surface area (Å²) in [4.78, 5) is 0.206. The largest absolute Gasteiger partial charge is 0.490 e. The minimum absolute atomic E-state index is 0.206. The van der Waals surface area contributed by atoms with E-state index in [1.54, 1.807) is 25.1 Å². The van der Waals surface area contributed by atoms with E-state index in [0.717, 1.165) is 25.1 Å². The molecule has 6 heteroatoms. The van der Waals surface area contributed by atoms with Crippen LogP contribution in [0.1, 0.15) is 26.7 Å². The zero-order valence-electron chi connectivity index (χ0n) is 11.3. The number of hydrogen-bond acceptors (Lipinski definition) is 4. The molecule has 1 aliphatic rings. The minimum Gasteiger partial charge on any atom is -0.490 e. The van der Waals surface area contributed by atoms with E-state index in [1.807, 2.05) is 0 Å². The molecule has 0 unspecified atom stereocenters. The van der Waals surface area contributed by atoms with Crippen LogP contribution in [-0.2, 0) is 10.0 Å². The molecule has 1 aromatic rings. The van der Waals surface area contributed by atoms with Gasteiger partial charge in [-0.15, -0.1) is 0 Å². The molecule has 0 aromatic heterocycles. The van der Waals surface area contributed by atoms with Gasteiger partial charge in [-0.05, 0) is 25.5 Å². The molecule has 19 heavy (non-hydrogen) atoms. The van der Waals surface area contributed by atoms with E-state index in [1.165, 1.54) is 0 Å². The molecule has 1 aliphatic heterocycles. The molecule has 106 valence electrons. The van der Waals surface area contributed by atoms with Crippen LogP contribution >= 0.6 is 0 Å². The fourth-order valence-corrected chi connectivity index (χ4v) is 3.29. The summed E-state index contributed by atoms with van der Waals surface area (Å²) in [5, 5.41) is 3.26. The second kappa shape index (κ2) is 5.79. The van der Waals surface area contributed by atoms with Crippen LogP contribution in [0.5, 0.6) is 5.75 Å². The van der Waals surface area contributed by atoms with E-state index in [4.69, 9.17) is 4.74 Å². The predicted octanol–water partition coefficient (Wildman–Crippen LogP) is 1.96. The van der Waals surface area contributed by atoms with Crippen molar-refractivity contribution in [2.24, 2.45) is 0 Å². The maximum atomic E-state index is 12.1. The lowest BCUT2D eigenvalue weighted by Crippen LogP contribution is -2.33. The number of hydrogen-bond donors (Lipinski definition) is 2. The molecule has 0 aliphatic carbocycles. The highest BCUT2D eigenvalue weighted by Gasteiger charge is 2.26. The maximum absolute atomic E-state index is 12.1. The summed E-state index contributed by atoms with van der Waals surface area (Å²) in [6, 6.07) is 4.88. The molecule has 2 N–H and O–H groups in total. The van der Waals surface area contributed by atoms with E-state index >= 15 is 0 Å². The number of nitrogens with one attached hydrogen (secondary N) is 2. The molecule has 0 fully saturated rings. The van der Waals surface area contributed by atoms with Gasteiger partial charge < -0.3 is 10.1 Å². The van der Waals surface area contributed by atoms with E-state index in [-0.39, 0.29) is 10.9 Å². The number of rotatable bonds is 4. The summed E-state index contributed by atoms with van der Waals surface area (Å²) >= 11 is 0. The maximum Gasteiger partial charge on any atom is 0.244 e. The van der Waals surface area contributed by atoms with Crippen LogP contribution in [0.25, 0.3) is 0 Å². The van der Waals surface area contributed by atoms with Gasteiger partial charge in [-0.25, -0.2) is 13.1 Å². The van der Waals surface area contributed by atoms with Crippen LogP contribution in [0.4, 0.5) is 5.69 Å². The number of ether oxygens (including phenoxy) is 1. The Bertz CT molecular complexity index is 543. The van der Waals surface area contributed by atoms with Gasteiger partial charge in [0, 0.05) is 18.3 Å². The standard InChI is InChI=1S/C13H20N2O3S/c1-3-4-7-14-11-5-6-13-12(8-11)18-9-10(2)15-19(13,16)17/h5-6,8,10,14-15H,3-4,7,9H2,1-2H3/t10-/m0/s1. The average Bonchev–Trinajstić information content (AvgIpc) is 2.46. The van der Waals surface area contributed by atoms with Gasteiger partial charge in [0.05, 0.1) is 6.04 Å². The van der Waals surface area contributed by atoms with Crippen molar-refractivity contribution in [3.63, 3.8) is 0 Å². The first-order chi connectivity index (χ1) is 9.03. The highest BCUT2D eigenvalue weighted by atomic mass is 32.2. The molecule has 2 rings (SSSR count). The van der Waals surface area contributed by atoms with Crippen LogP contribution in [0, 0.1) is 0 Å². The fraction of sp³-hybridized carbons (Fsp3) is 0.538. The number of fused-ring (bicyclic) bond motifs is 1. The highest BCUT2D eigenvalue weighted by Crippen LogP contribution is 2.29. The molecule has 1 atom stereocenters. The second-order valence-electron chi connectivity index (χ2n) is 4.78. The number of sulfonamides is 1. The van der Waals surface area contributed by atoms with Crippen LogP contribution < -0.4 is 14.8 Å².